The molecule has 0 radical (unpaired) electrons. The molecule has 0 bridgehead atoms. The Hall–Kier alpha value is -3.61. The number of methoxy groups -OCH3 is 1. The maximum Gasteiger partial charge on any atom is 0.471 e. The van der Waals surface area contributed by atoms with Crippen molar-refractivity contribution in [2.75, 3.05) is 12.0 Å². The standard InChI is InChI=1S/C25H19BrF6N2O4/c1-38-19-12-10-18(11-13-19)33(23(35)25(30,31)32)22(15-6-8-17(9-7-15)24(27,28)29)21(34(36)37)14-16-4-2-3-5-20(16)26/h2-13,21-22H,14H2,1H3/t21-,22+/m0/s1. The highest BCUT2D eigenvalue weighted by molar-refractivity contribution is 9.10. The minimum Gasteiger partial charge on any atom is -0.497 e. The summed E-state index contributed by atoms with van der Waals surface area (Å²) in [6.07, 6.45) is -10.7. The highest BCUT2D eigenvalue weighted by Gasteiger charge is 2.50. The molecule has 2 atom stereocenters. The zero-order valence-corrected chi connectivity index (χ0v) is 21.0. The van der Waals surface area contributed by atoms with E-state index in [2.05, 4.69) is 15.9 Å². The van der Waals surface area contributed by atoms with Crippen molar-refractivity contribution in [2.45, 2.75) is 30.9 Å². The maximum absolute atomic E-state index is 13.8. The quantitative estimate of drug-likeness (QED) is 0.158. The van der Waals surface area contributed by atoms with Crippen LogP contribution >= 0.6 is 15.9 Å². The van der Waals surface area contributed by atoms with Crippen molar-refractivity contribution >= 4 is 27.5 Å². The molecule has 1 amide bonds. The predicted molar refractivity (Wildman–Crippen MR) is 129 cm³/mol. The van der Waals surface area contributed by atoms with Crippen LogP contribution in [0.5, 0.6) is 5.75 Å². The number of rotatable bonds is 8. The third-order valence-electron chi connectivity index (χ3n) is 5.69. The molecule has 0 aliphatic rings. The lowest BCUT2D eigenvalue weighted by molar-refractivity contribution is -0.526. The highest BCUT2D eigenvalue weighted by atomic mass is 79.9. The van der Waals surface area contributed by atoms with E-state index in [0.29, 0.717) is 22.2 Å². The van der Waals surface area contributed by atoms with E-state index in [-0.39, 0.29) is 21.9 Å². The van der Waals surface area contributed by atoms with Crippen molar-refractivity contribution in [3.63, 3.8) is 0 Å². The summed E-state index contributed by atoms with van der Waals surface area (Å²) in [5, 5.41) is 12.3. The van der Waals surface area contributed by atoms with Gasteiger partial charge in [0.25, 0.3) is 0 Å². The molecule has 0 fully saturated rings. The van der Waals surface area contributed by atoms with Crippen LogP contribution < -0.4 is 9.64 Å². The average molecular weight is 605 g/mol. The summed E-state index contributed by atoms with van der Waals surface area (Å²) in [7, 11) is 1.30. The second kappa shape index (κ2) is 11.4. The van der Waals surface area contributed by atoms with Crippen molar-refractivity contribution in [3.8, 4) is 5.75 Å². The lowest BCUT2D eigenvalue weighted by Crippen LogP contribution is -2.49. The predicted octanol–water partition coefficient (Wildman–Crippen LogP) is 7.00. The van der Waals surface area contributed by atoms with Gasteiger partial charge in [-0.3, -0.25) is 19.8 Å². The van der Waals surface area contributed by atoms with Crippen molar-refractivity contribution in [3.05, 3.63) is 104 Å². The van der Waals surface area contributed by atoms with E-state index in [0.717, 1.165) is 24.3 Å². The first-order valence-electron chi connectivity index (χ1n) is 10.8. The van der Waals surface area contributed by atoms with Gasteiger partial charge in [-0.25, -0.2) is 0 Å². The van der Waals surface area contributed by atoms with Crippen molar-refractivity contribution in [2.24, 2.45) is 0 Å². The topological polar surface area (TPSA) is 72.7 Å². The first-order valence-corrected chi connectivity index (χ1v) is 11.6. The normalized spacial score (nSPS) is 13.5. The number of hydrogen-bond donors (Lipinski definition) is 0. The molecule has 0 N–H and O–H groups in total. The Morgan fingerprint density at radius 1 is 0.974 bits per heavy atom. The number of nitro groups is 1. The fourth-order valence-electron chi connectivity index (χ4n) is 3.89. The van der Waals surface area contributed by atoms with E-state index in [4.69, 9.17) is 4.74 Å². The van der Waals surface area contributed by atoms with Crippen LogP contribution in [0.15, 0.2) is 77.3 Å². The molecule has 0 saturated carbocycles. The number of nitrogens with zero attached hydrogens (tertiary/aromatic N) is 2. The molecular weight excluding hydrogens is 586 g/mol. The number of alkyl halides is 6. The molecule has 0 aromatic heterocycles. The van der Waals surface area contributed by atoms with Crippen molar-refractivity contribution in [1.29, 1.82) is 0 Å². The lowest BCUT2D eigenvalue weighted by atomic mass is 9.91. The summed E-state index contributed by atoms with van der Waals surface area (Å²) in [6.45, 7) is 0. The van der Waals surface area contributed by atoms with E-state index in [1.165, 1.54) is 25.3 Å². The number of ether oxygens (including phenoxy) is 1. The van der Waals surface area contributed by atoms with Gasteiger partial charge in [0, 0.05) is 21.5 Å². The van der Waals surface area contributed by atoms with E-state index in [1.54, 1.807) is 18.2 Å². The van der Waals surface area contributed by atoms with Crippen LogP contribution in [0, 0.1) is 10.1 Å². The molecule has 3 aromatic carbocycles. The van der Waals surface area contributed by atoms with Crippen LogP contribution in [0.3, 0.4) is 0 Å². The number of halogens is 7. The van der Waals surface area contributed by atoms with E-state index in [9.17, 15) is 41.3 Å². The summed E-state index contributed by atoms with van der Waals surface area (Å²) < 4.78 is 86.5. The molecule has 0 aliphatic heterocycles. The summed E-state index contributed by atoms with van der Waals surface area (Å²) in [5.41, 5.74) is -1.42. The summed E-state index contributed by atoms with van der Waals surface area (Å²) in [6, 6.07) is 10.0. The molecule has 38 heavy (non-hydrogen) atoms. The molecule has 3 rings (SSSR count). The number of amides is 1. The van der Waals surface area contributed by atoms with Gasteiger partial charge in [-0.1, -0.05) is 46.3 Å². The molecule has 0 aliphatic carbocycles. The highest BCUT2D eigenvalue weighted by Crippen LogP contribution is 2.39. The van der Waals surface area contributed by atoms with Crippen LogP contribution in [0.4, 0.5) is 32.0 Å². The Kier molecular flexibility index (Phi) is 8.70. The van der Waals surface area contributed by atoms with Crippen LogP contribution in [0.1, 0.15) is 22.7 Å². The van der Waals surface area contributed by atoms with Crippen LogP contribution in [0.25, 0.3) is 0 Å². The zero-order valence-electron chi connectivity index (χ0n) is 19.5. The first kappa shape index (κ1) is 29.0. The van der Waals surface area contributed by atoms with Gasteiger partial charge in [0.05, 0.1) is 12.7 Å². The molecule has 0 spiro atoms. The zero-order chi connectivity index (χ0) is 28.3. The molecular formula is C25H19BrF6N2O4. The fraction of sp³-hybridized carbons (Fsp3) is 0.240. The third kappa shape index (κ3) is 6.63. The molecule has 0 saturated heterocycles. The van der Waals surface area contributed by atoms with Crippen molar-refractivity contribution < 1.29 is 40.8 Å². The molecule has 202 valence electrons. The molecule has 0 unspecified atom stereocenters. The van der Waals surface area contributed by atoms with Gasteiger partial charge in [0.1, 0.15) is 11.8 Å². The maximum atomic E-state index is 13.8. The minimum absolute atomic E-state index is 0.201. The van der Waals surface area contributed by atoms with Gasteiger partial charge in [-0.2, -0.15) is 26.3 Å². The number of hydrogen-bond acceptors (Lipinski definition) is 4. The van der Waals surface area contributed by atoms with Gasteiger partial charge in [-0.15, -0.1) is 0 Å². The third-order valence-corrected chi connectivity index (χ3v) is 6.47. The van der Waals surface area contributed by atoms with E-state index >= 15 is 0 Å². The summed E-state index contributed by atoms with van der Waals surface area (Å²) in [4.78, 5) is 24.5. The fourth-order valence-corrected chi connectivity index (χ4v) is 4.33. The van der Waals surface area contributed by atoms with Crippen LogP contribution in [-0.2, 0) is 17.4 Å². The Morgan fingerprint density at radius 3 is 2.03 bits per heavy atom. The monoisotopic (exact) mass is 604 g/mol. The summed E-state index contributed by atoms with van der Waals surface area (Å²) in [5.74, 6) is -2.19. The first-order chi connectivity index (χ1) is 17.7. The van der Waals surface area contributed by atoms with E-state index in [1.807, 2.05) is 0 Å². The number of carbonyl (C=O) groups is 1. The van der Waals surface area contributed by atoms with Crippen molar-refractivity contribution in [1.82, 2.24) is 0 Å². The second-order valence-electron chi connectivity index (χ2n) is 8.08. The van der Waals surface area contributed by atoms with Gasteiger partial charge in [-0.05, 0) is 53.6 Å². The van der Waals surface area contributed by atoms with Gasteiger partial charge in [0.2, 0.25) is 6.04 Å². The number of carbonyl (C=O) groups excluding carboxylic acids is 1. The van der Waals surface area contributed by atoms with E-state index < -0.39 is 47.3 Å². The molecule has 13 heteroatoms. The Bertz CT molecular complexity index is 1280. The number of benzene rings is 3. The largest absolute Gasteiger partial charge is 0.497 e. The van der Waals surface area contributed by atoms with Crippen LogP contribution in [0.2, 0.25) is 0 Å². The van der Waals surface area contributed by atoms with Gasteiger partial charge < -0.3 is 4.74 Å². The Balaban J connectivity index is 2.27. The molecule has 0 heterocycles. The Labute approximate surface area is 221 Å². The molecule has 6 nitrogen and oxygen atoms in total. The van der Waals surface area contributed by atoms with Gasteiger partial charge in [0.15, 0.2) is 0 Å². The van der Waals surface area contributed by atoms with Gasteiger partial charge >= 0.3 is 18.3 Å². The SMILES string of the molecule is COc1ccc(N(C(=O)C(F)(F)F)[C@H](c2ccc(C(F)(F)F)cc2)[C@H](Cc2ccccc2Br)[N+](=O)[O-])cc1. The lowest BCUT2D eigenvalue weighted by Gasteiger charge is -2.34. The second-order valence-corrected chi connectivity index (χ2v) is 8.94. The smallest absolute Gasteiger partial charge is 0.471 e. The Morgan fingerprint density at radius 2 is 1.55 bits per heavy atom. The molecule has 3 aromatic rings. The minimum atomic E-state index is -5.46. The average Bonchev–Trinajstić information content (AvgIpc) is 2.86. The number of anilines is 1. The summed E-state index contributed by atoms with van der Waals surface area (Å²) >= 11 is 3.25. The van der Waals surface area contributed by atoms with Crippen LogP contribution in [-0.4, -0.2) is 30.2 Å².